The van der Waals surface area contributed by atoms with Crippen LogP contribution in [0.15, 0.2) is 12.1 Å². The maximum absolute atomic E-state index is 13.1. The van der Waals surface area contributed by atoms with Crippen molar-refractivity contribution < 1.29 is 9.59 Å². The summed E-state index contributed by atoms with van der Waals surface area (Å²) in [5.41, 5.74) is 4.65. The first-order chi connectivity index (χ1) is 12.0. The van der Waals surface area contributed by atoms with E-state index in [0.29, 0.717) is 18.8 Å². The van der Waals surface area contributed by atoms with E-state index >= 15 is 0 Å². The summed E-state index contributed by atoms with van der Waals surface area (Å²) in [5, 5.41) is 0. The first-order valence-corrected chi connectivity index (χ1v) is 11.0. The smallest absolute Gasteiger partial charge is 0.148 e. The van der Waals surface area contributed by atoms with Crippen LogP contribution in [-0.4, -0.2) is 23.1 Å². The molecule has 0 radical (unpaired) electrons. The van der Waals surface area contributed by atoms with Gasteiger partial charge in [-0.25, -0.2) is 0 Å². The van der Waals surface area contributed by atoms with Gasteiger partial charge in [0, 0.05) is 12.8 Å². The summed E-state index contributed by atoms with van der Waals surface area (Å²) in [4.78, 5) is 26.1. The van der Waals surface area contributed by atoms with E-state index in [9.17, 15) is 9.59 Å². The lowest BCUT2D eigenvalue weighted by Crippen LogP contribution is -2.36. The number of ketones is 2. The van der Waals surface area contributed by atoms with Crippen molar-refractivity contribution in [3.05, 3.63) is 34.4 Å². The number of thioether (sulfide) groups is 1. The van der Waals surface area contributed by atoms with Crippen LogP contribution >= 0.6 is 11.8 Å². The molecule has 0 spiro atoms. The van der Waals surface area contributed by atoms with Gasteiger partial charge in [-0.15, -0.1) is 0 Å². The molecule has 1 aliphatic heterocycles. The normalized spacial score (nSPS) is 25.4. The Bertz CT molecular complexity index is 615. The maximum atomic E-state index is 13.1. The van der Waals surface area contributed by atoms with Gasteiger partial charge in [0.15, 0.2) is 0 Å². The van der Waals surface area contributed by atoms with E-state index in [1.807, 2.05) is 11.8 Å². The molecule has 0 amide bonds. The molecule has 2 fully saturated rings. The lowest BCUT2D eigenvalue weighted by Gasteiger charge is -2.35. The SMILES string of the molecule is CCc1cc(C)cc(CC)c1C1C(=O)CC(C2CCSCC2)CC1=O. The highest BCUT2D eigenvalue weighted by molar-refractivity contribution is 7.99. The zero-order valence-electron chi connectivity index (χ0n) is 15.8. The van der Waals surface area contributed by atoms with Crippen molar-refractivity contribution in [2.75, 3.05) is 11.5 Å². The van der Waals surface area contributed by atoms with Gasteiger partial charge in [0.1, 0.15) is 17.5 Å². The van der Waals surface area contributed by atoms with Crippen LogP contribution in [-0.2, 0) is 22.4 Å². The van der Waals surface area contributed by atoms with Crippen LogP contribution in [0.2, 0.25) is 0 Å². The van der Waals surface area contributed by atoms with Crippen LogP contribution in [0.25, 0.3) is 0 Å². The van der Waals surface area contributed by atoms with Crippen molar-refractivity contribution in [3.8, 4) is 0 Å². The third-order valence-corrected chi connectivity index (χ3v) is 7.10. The van der Waals surface area contributed by atoms with Crippen molar-refractivity contribution in [3.63, 3.8) is 0 Å². The molecule has 1 aromatic carbocycles. The monoisotopic (exact) mass is 358 g/mol. The molecule has 2 nitrogen and oxygen atoms in total. The molecule has 136 valence electrons. The Labute approximate surface area is 156 Å². The van der Waals surface area contributed by atoms with Crippen molar-refractivity contribution in [2.24, 2.45) is 11.8 Å². The van der Waals surface area contributed by atoms with Crippen LogP contribution in [0.5, 0.6) is 0 Å². The highest BCUT2D eigenvalue weighted by Gasteiger charge is 2.41. The Morgan fingerprint density at radius 1 is 0.920 bits per heavy atom. The Morgan fingerprint density at radius 2 is 1.44 bits per heavy atom. The zero-order valence-corrected chi connectivity index (χ0v) is 16.6. The zero-order chi connectivity index (χ0) is 18.0. The molecule has 0 bridgehead atoms. The minimum absolute atomic E-state index is 0.174. The van der Waals surface area contributed by atoms with Gasteiger partial charge in [-0.05, 0) is 72.6 Å². The van der Waals surface area contributed by atoms with Crippen molar-refractivity contribution in [2.45, 2.75) is 65.2 Å². The molecule has 0 aromatic heterocycles. The number of carbonyl (C=O) groups is 2. The lowest BCUT2D eigenvalue weighted by molar-refractivity contribution is -0.134. The Balaban J connectivity index is 1.89. The van der Waals surface area contributed by atoms with E-state index in [0.717, 1.165) is 18.4 Å². The van der Waals surface area contributed by atoms with E-state index in [-0.39, 0.29) is 17.5 Å². The number of hydrogen-bond acceptors (Lipinski definition) is 3. The number of aryl methyl sites for hydroxylation is 3. The Kier molecular flexibility index (Phi) is 6.04. The molecule has 3 rings (SSSR count). The van der Waals surface area contributed by atoms with Crippen LogP contribution in [0.4, 0.5) is 0 Å². The number of Topliss-reactive ketones (excluding diaryl/α,β-unsaturated/α-hetero) is 2. The maximum Gasteiger partial charge on any atom is 0.148 e. The second-order valence-corrected chi connectivity index (χ2v) is 8.91. The van der Waals surface area contributed by atoms with Gasteiger partial charge in [0.05, 0.1) is 0 Å². The largest absolute Gasteiger partial charge is 0.299 e. The standard InChI is InChI=1S/C22H30O2S/c1-4-15-10-14(3)11-16(5-2)21(15)22-19(23)12-18(13-20(22)24)17-6-8-25-9-7-17/h10-11,17-18,22H,4-9,12-13H2,1-3H3. The van der Waals surface area contributed by atoms with E-state index in [1.165, 1.54) is 41.0 Å². The van der Waals surface area contributed by atoms with Gasteiger partial charge in [0.25, 0.3) is 0 Å². The second-order valence-electron chi connectivity index (χ2n) is 7.69. The van der Waals surface area contributed by atoms with Crippen molar-refractivity contribution >= 4 is 23.3 Å². The number of carbonyl (C=O) groups excluding carboxylic acids is 2. The van der Waals surface area contributed by atoms with Crippen LogP contribution < -0.4 is 0 Å². The summed E-state index contributed by atoms with van der Waals surface area (Å²) in [7, 11) is 0. The Morgan fingerprint density at radius 3 is 1.92 bits per heavy atom. The third-order valence-electron chi connectivity index (χ3n) is 6.05. The summed E-state index contributed by atoms with van der Waals surface area (Å²) < 4.78 is 0. The fraction of sp³-hybridized carbons (Fsp3) is 0.636. The van der Waals surface area contributed by atoms with Crippen LogP contribution in [0.1, 0.15) is 67.7 Å². The quantitative estimate of drug-likeness (QED) is 0.718. The van der Waals surface area contributed by atoms with Gasteiger partial charge in [0.2, 0.25) is 0 Å². The highest BCUT2D eigenvalue weighted by atomic mass is 32.2. The van der Waals surface area contributed by atoms with Crippen molar-refractivity contribution in [1.82, 2.24) is 0 Å². The van der Waals surface area contributed by atoms with Crippen molar-refractivity contribution in [1.29, 1.82) is 0 Å². The van der Waals surface area contributed by atoms with Gasteiger partial charge in [-0.2, -0.15) is 11.8 Å². The topological polar surface area (TPSA) is 34.1 Å². The minimum atomic E-state index is -0.500. The summed E-state index contributed by atoms with van der Waals surface area (Å²) >= 11 is 2.00. The van der Waals surface area contributed by atoms with Gasteiger partial charge >= 0.3 is 0 Å². The molecule has 1 aromatic rings. The molecule has 1 aliphatic carbocycles. The molecule has 1 saturated carbocycles. The first-order valence-electron chi connectivity index (χ1n) is 9.80. The van der Waals surface area contributed by atoms with E-state index in [1.54, 1.807) is 0 Å². The summed E-state index contributed by atoms with van der Waals surface area (Å²) in [6, 6.07) is 4.33. The van der Waals surface area contributed by atoms with E-state index < -0.39 is 5.92 Å². The summed E-state index contributed by atoms with van der Waals surface area (Å²) in [6.45, 7) is 6.35. The van der Waals surface area contributed by atoms with Crippen LogP contribution in [0, 0.1) is 18.8 Å². The average molecular weight is 359 g/mol. The molecular weight excluding hydrogens is 328 g/mol. The number of rotatable bonds is 4. The molecule has 3 heteroatoms. The Hall–Kier alpha value is -1.09. The molecule has 25 heavy (non-hydrogen) atoms. The predicted octanol–water partition coefficient (Wildman–Crippen LogP) is 4.89. The number of benzene rings is 1. The first kappa shape index (κ1) is 18.7. The highest BCUT2D eigenvalue weighted by Crippen LogP contribution is 2.41. The van der Waals surface area contributed by atoms with E-state index in [4.69, 9.17) is 0 Å². The molecule has 0 atom stereocenters. The molecule has 1 heterocycles. The summed E-state index contributed by atoms with van der Waals surface area (Å²) in [6.07, 6.45) is 5.31. The minimum Gasteiger partial charge on any atom is -0.299 e. The van der Waals surface area contributed by atoms with Crippen LogP contribution in [0.3, 0.4) is 0 Å². The molecule has 0 unspecified atom stereocenters. The van der Waals surface area contributed by atoms with E-state index in [2.05, 4.69) is 32.9 Å². The lowest BCUT2D eigenvalue weighted by atomic mass is 9.69. The fourth-order valence-electron chi connectivity index (χ4n) is 4.76. The molecular formula is C22H30O2S. The molecule has 0 N–H and O–H groups in total. The third kappa shape index (κ3) is 3.86. The molecule has 2 aliphatic rings. The summed E-state index contributed by atoms with van der Waals surface area (Å²) in [5.74, 6) is 3.08. The average Bonchev–Trinajstić information content (AvgIpc) is 2.62. The number of hydrogen-bond donors (Lipinski definition) is 0. The molecule has 1 saturated heterocycles. The van der Waals surface area contributed by atoms with Gasteiger partial charge in [-0.3, -0.25) is 9.59 Å². The van der Waals surface area contributed by atoms with Gasteiger partial charge in [-0.1, -0.05) is 31.5 Å². The second kappa shape index (κ2) is 8.07. The predicted molar refractivity (Wildman–Crippen MR) is 105 cm³/mol. The fourth-order valence-corrected chi connectivity index (χ4v) is 5.90. The van der Waals surface area contributed by atoms with Gasteiger partial charge < -0.3 is 0 Å².